The quantitative estimate of drug-likeness (QED) is 0.259. The van der Waals surface area contributed by atoms with Crippen molar-refractivity contribution in [3.63, 3.8) is 0 Å². The van der Waals surface area contributed by atoms with Gasteiger partial charge >= 0.3 is 12.1 Å². The molecule has 1 amide bonds. The zero-order valence-corrected chi connectivity index (χ0v) is 20.3. The lowest BCUT2D eigenvalue weighted by Gasteiger charge is -2.35. The van der Waals surface area contributed by atoms with E-state index in [2.05, 4.69) is 10.2 Å². The number of amides is 1. The van der Waals surface area contributed by atoms with Crippen molar-refractivity contribution in [3.05, 3.63) is 29.3 Å². The largest absolute Gasteiger partial charge is 0.496 e. The number of nitrogens with zero attached hydrogens (tertiary/aromatic N) is 3. The van der Waals surface area contributed by atoms with Crippen LogP contribution in [0.2, 0.25) is 0 Å². The molecule has 1 heterocycles. The Balaban J connectivity index is 0.00000450. The van der Waals surface area contributed by atoms with Gasteiger partial charge in [0.05, 0.1) is 27.4 Å². The molecule has 1 saturated heterocycles. The Morgan fingerprint density at radius 3 is 2.33 bits per heavy atom. The normalized spacial score (nSPS) is 13.9. The van der Waals surface area contributed by atoms with Crippen molar-refractivity contribution in [2.24, 2.45) is 4.99 Å². The van der Waals surface area contributed by atoms with Gasteiger partial charge in [-0.2, -0.15) is 0 Å². The summed E-state index contributed by atoms with van der Waals surface area (Å²) in [5, 5.41) is 3.29. The molecule has 1 aliphatic heterocycles. The van der Waals surface area contributed by atoms with E-state index < -0.39 is 5.97 Å². The summed E-state index contributed by atoms with van der Waals surface area (Å²) < 4.78 is 15.1. The van der Waals surface area contributed by atoms with Gasteiger partial charge < -0.3 is 29.3 Å². The summed E-state index contributed by atoms with van der Waals surface area (Å²) in [6, 6.07) is 5.34. The Morgan fingerprint density at radius 1 is 1.10 bits per heavy atom. The monoisotopic (exact) mass is 534 g/mol. The standard InChI is InChI=1S/C20H30N4O5.HI/c1-5-21-19(23-9-11-24(12-10-23)20(26)29-6-2)22-14-15-7-8-17(27-3)16(13-15)18(25)28-4;/h7-8,13H,5-6,9-12,14H2,1-4H3,(H,21,22);1H. The fourth-order valence-corrected chi connectivity index (χ4v) is 3.03. The number of guanidine groups is 1. The Kier molecular flexibility index (Phi) is 11.3. The molecule has 0 unspecified atom stereocenters. The molecule has 1 aliphatic rings. The number of rotatable bonds is 6. The van der Waals surface area contributed by atoms with Crippen LogP contribution >= 0.6 is 24.0 Å². The number of nitrogens with one attached hydrogen (secondary N) is 1. The summed E-state index contributed by atoms with van der Waals surface area (Å²) in [5.41, 5.74) is 1.24. The van der Waals surface area contributed by atoms with E-state index in [9.17, 15) is 9.59 Å². The van der Waals surface area contributed by atoms with Crippen molar-refractivity contribution in [2.45, 2.75) is 20.4 Å². The van der Waals surface area contributed by atoms with Gasteiger partial charge in [0.2, 0.25) is 0 Å². The van der Waals surface area contributed by atoms with Crippen molar-refractivity contribution >= 4 is 42.0 Å². The minimum absolute atomic E-state index is 0. The second-order valence-electron chi connectivity index (χ2n) is 6.37. The average Bonchev–Trinajstić information content (AvgIpc) is 2.76. The van der Waals surface area contributed by atoms with Crippen LogP contribution in [0.3, 0.4) is 0 Å². The van der Waals surface area contributed by atoms with Crippen molar-refractivity contribution in [1.29, 1.82) is 0 Å². The van der Waals surface area contributed by atoms with E-state index in [1.807, 2.05) is 13.0 Å². The molecule has 168 valence electrons. The van der Waals surface area contributed by atoms with Gasteiger partial charge in [-0.15, -0.1) is 24.0 Å². The first-order valence-corrected chi connectivity index (χ1v) is 9.74. The lowest BCUT2D eigenvalue weighted by Crippen LogP contribution is -2.53. The van der Waals surface area contributed by atoms with Gasteiger partial charge in [0.1, 0.15) is 11.3 Å². The molecule has 9 nitrogen and oxygen atoms in total. The molecule has 30 heavy (non-hydrogen) atoms. The second kappa shape index (κ2) is 13.1. The number of benzene rings is 1. The van der Waals surface area contributed by atoms with Gasteiger partial charge in [0.25, 0.3) is 0 Å². The molecule has 1 aromatic carbocycles. The molecule has 0 spiro atoms. The van der Waals surface area contributed by atoms with Crippen LogP contribution in [-0.4, -0.2) is 81.4 Å². The van der Waals surface area contributed by atoms with E-state index in [4.69, 9.17) is 19.2 Å². The Bertz CT molecular complexity index is 736. The smallest absolute Gasteiger partial charge is 0.409 e. The number of hydrogen-bond donors (Lipinski definition) is 1. The van der Waals surface area contributed by atoms with Crippen LogP contribution in [0.1, 0.15) is 29.8 Å². The Hall–Kier alpha value is -2.24. The topological polar surface area (TPSA) is 92.7 Å². The highest BCUT2D eigenvalue weighted by Crippen LogP contribution is 2.21. The molecule has 0 aromatic heterocycles. The first-order chi connectivity index (χ1) is 14.0. The van der Waals surface area contributed by atoms with Gasteiger partial charge in [0.15, 0.2) is 5.96 Å². The van der Waals surface area contributed by atoms with E-state index in [-0.39, 0.29) is 30.1 Å². The number of esters is 1. The number of ether oxygens (including phenoxy) is 3. The number of halogens is 1. The Morgan fingerprint density at radius 2 is 1.77 bits per heavy atom. The molecule has 10 heteroatoms. The summed E-state index contributed by atoms with van der Waals surface area (Å²) in [6.45, 7) is 7.81. The summed E-state index contributed by atoms with van der Waals surface area (Å²) >= 11 is 0. The lowest BCUT2D eigenvalue weighted by molar-refractivity contribution is 0.0596. The summed E-state index contributed by atoms with van der Waals surface area (Å²) in [6.07, 6.45) is -0.275. The number of carbonyl (C=O) groups is 2. The SMILES string of the molecule is CCNC(=NCc1ccc(OC)c(C(=O)OC)c1)N1CCN(C(=O)OCC)CC1.I. The zero-order chi connectivity index (χ0) is 21.2. The highest BCUT2D eigenvalue weighted by Gasteiger charge is 2.23. The van der Waals surface area contributed by atoms with Crippen molar-refractivity contribution in [2.75, 3.05) is 53.6 Å². The maximum absolute atomic E-state index is 12.0. The maximum atomic E-state index is 12.0. The zero-order valence-electron chi connectivity index (χ0n) is 18.0. The molecule has 2 rings (SSSR count). The van der Waals surface area contributed by atoms with Crippen LogP contribution in [0, 0.1) is 0 Å². The van der Waals surface area contributed by atoms with E-state index >= 15 is 0 Å². The number of carbonyl (C=O) groups excluding carboxylic acids is 2. The molecule has 0 radical (unpaired) electrons. The fourth-order valence-electron chi connectivity index (χ4n) is 3.03. The van der Waals surface area contributed by atoms with E-state index in [1.165, 1.54) is 14.2 Å². The van der Waals surface area contributed by atoms with Crippen LogP contribution in [-0.2, 0) is 16.0 Å². The second-order valence-corrected chi connectivity index (χ2v) is 6.37. The van der Waals surface area contributed by atoms with Gasteiger partial charge in [-0.25, -0.2) is 14.6 Å². The van der Waals surface area contributed by atoms with Gasteiger partial charge in [0, 0.05) is 32.7 Å². The highest BCUT2D eigenvalue weighted by atomic mass is 127. The number of methoxy groups -OCH3 is 2. The first-order valence-electron chi connectivity index (χ1n) is 9.74. The van der Waals surface area contributed by atoms with Crippen LogP contribution in [0.4, 0.5) is 4.79 Å². The van der Waals surface area contributed by atoms with E-state index in [1.54, 1.807) is 24.0 Å². The van der Waals surface area contributed by atoms with Gasteiger partial charge in [-0.1, -0.05) is 6.07 Å². The summed E-state index contributed by atoms with van der Waals surface area (Å²) in [5.74, 6) is 0.785. The van der Waals surface area contributed by atoms with Crippen molar-refractivity contribution in [3.8, 4) is 5.75 Å². The maximum Gasteiger partial charge on any atom is 0.409 e. The third-order valence-corrected chi connectivity index (χ3v) is 4.52. The summed E-state index contributed by atoms with van der Waals surface area (Å²) in [4.78, 5) is 32.3. The molecule has 1 N–H and O–H groups in total. The highest BCUT2D eigenvalue weighted by molar-refractivity contribution is 14.0. The number of hydrogen-bond acceptors (Lipinski definition) is 6. The average molecular weight is 534 g/mol. The molecule has 1 aromatic rings. The van der Waals surface area contributed by atoms with Gasteiger partial charge in [-0.05, 0) is 31.5 Å². The van der Waals surface area contributed by atoms with Crippen LogP contribution in [0.15, 0.2) is 23.2 Å². The molecule has 0 aliphatic carbocycles. The minimum Gasteiger partial charge on any atom is -0.496 e. The number of aliphatic imine (C=N–C) groups is 1. The van der Waals surface area contributed by atoms with Crippen LogP contribution < -0.4 is 10.1 Å². The first kappa shape index (κ1) is 25.8. The van der Waals surface area contributed by atoms with Crippen LogP contribution in [0.5, 0.6) is 5.75 Å². The van der Waals surface area contributed by atoms with E-state index in [0.29, 0.717) is 50.6 Å². The predicted molar refractivity (Wildman–Crippen MR) is 125 cm³/mol. The molecular formula is C20H31IN4O5. The number of piperazine rings is 1. The molecule has 1 fully saturated rings. The predicted octanol–water partition coefficient (Wildman–Crippen LogP) is 2.34. The summed E-state index contributed by atoms with van der Waals surface area (Å²) in [7, 11) is 2.85. The molecule has 0 saturated carbocycles. The molecule has 0 atom stereocenters. The minimum atomic E-state index is -0.449. The van der Waals surface area contributed by atoms with Crippen molar-refractivity contribution < 1.29 is 23.8 Å². The van der Waals surface area contributed by atoms with E-state index in [0.717, 1.165) is 18.1 Å². The van der Waals surface area contributed by atoms with Crippen molar-refractivity contribution in [1.82, 2.24) is 15.1 Å². The van der Waals surface area contributed by atoms with Gasteiger partial charge in [-0.3, -0.25) is 0 Å². The Labute approximate surface area is 194 Å². The lowest BCUT2D eigenvalue weighted by atomic mass is 10.1. The third-order valence-electron chi connectivity index (χ3n) is 4.52. The third kappa shape index (κ3) is 6.92. The molecule has 0 bridgehead atoms. The fraction of sp³-hybridized carbons (Fsp3) is 0.550. The van der Waals surface area contributed by atoms with Crippen LogP contribution in [0.25, 0.3) is 0 Å². The molecular weight excluding hydrogens is 503 g/mol.